The van der Waals surface area contributed by atoms with Gasteiger partial charge in [-0.2, -0.15) is 13.2 Å². The van der Waals surface area contributed by atoms with Gasteiger partial charge >= 0.3 is 6.18 Å². The molecule has 0 aliphatic heterocycles. The standard InChI is InChI=1S/C25H26F3NO/c1-3-4-5-12-24(30-21-9-6-8-18(2)17-21)23-11-7-10-22(29-23)19-13-15-20(16-14-19)25(26,27)28/h6-11,13-17,24H,3-5,12H2,1-2H3. The molecule has 0 N–H and O–H groups in total. The third kappa shape index (κ3) is 5.85. The zero-order chi connectivity index (χ0) is 21.6. The highest BCUT2D eigenvalue weighted by molar-refractivity contribution is 5.59. The van der Waals surface area contributed by atoms with Crippen LogP contribution in [0.25, 0.3) is 11.3 Å². The van der Waals surface area contributed by atoms with E-state index in [4.69, 9.17) is 9.72 Å². The fraction of sp³-hybridized carbons (Fsp3) is 0.320. The number of nitrogens with zero attached hydrogens (tertiary/aromatic N) is 1. The smallest absolute Gasteiger partial charge is 0.416 e. The maximum absolute atomic E-state index is 12.8. The van der Waals surface area contributed by atoms with Gasteiger partial charge in [0.25, 0.3) is 0 Å². The van der Waals surface area contributed by atoms with Crippen LogP contribution >= 0.6 is 0 Å². The minimum atomic E-state index is -4.35. The van der Waals surface area contributed by atoms with Crippen molar-refractivity contribution in [1.29, 1.82) is 0 Å². The molecule has 5 heteroatoms. The Kier molecular flexibility index (Phi) is 7.14. The number of unbranched alkanes of at least 4 members (excludes halogenated alkanes) is 2. The lowest BCUT2D eigenvalue weighted by Crippen LogP contribution is -2.10. The van der Waals surface area contributed by atoms with E-state index in [2.05, 4.69) is 6.92 Å². The lowest BCUT2D eigenvalue weighted by molar-refractivity contribution is -0.137. The minimum Gasteiger partial charge on any atom is -0.484 e. The zero-order valence-electron chi connectivity index (χ0n) is 17.2. The van der Waals surface area contributed by atoms with Gasteiger partial charge in [0.05, 0.1) is 17.0 Å². The molecule has 0 fully saturated rings. The molecule has 0 saturated carbocycles. The van der Waals surface area contributed by atoms with Crippen LogP contribution in [-0.4, -0.2) is 4.98 Å². The SMILES string of the molecule is CCCCCC(Oc1cccc(C)c1)c1cccc(-c2ccc(C(F)(F)F)cc2)n1. The van der Waals surface area contributed by atoms with Crippen LogP contribution in [0.4, 0.5) is 13.2 Å². The summed E-state index contributed by atoms with van der Waals surface area (Å²) in [4.78, 5) is 4.73. The van der Waals surface area contributed by atoms with Crippen molar-refractivity contribution in [3.05, 3.63) is 83.6 Å². The molecular weight excluding hydrogens is 387 g/mol. The minimum absolute atomic E-state index is 0.215. The van der Waals surface area contributed by atoms with Crippen molar-refractivity contribution in [3.8, 4) is 17.0 Å². The van der Waals surface area contributed by atoms with Gasteiger partial charge in [0.1, 0.15) is 11.9 Å². The molecule has 1 atom stereocenters. The van der Waals surface area contributed by atoms with Crippen molar-refractivity contribution in [2.75, 3.05) is 0 Å². The van der Waals surface area contributed by atoms with E-state index < -0.39 is 11.7 Å². The lowest BCUT2D eigenvalue weighted by Gasteiger charge is -2.20. The van der Waals surface area contributed by atoms with E-state index in [0.29, 0.717) is 11.3 Å². The maximum Gasteiger partial charge on any atom is 0.416 e. The second kappa shape index (κ2) is 9.79. The number of rotatable bonds is 8. The van der Waals surface area contributed by atoms with Crippen LogP contribution in [0.3, 0.4) is 0 Å². The van der Waals surface area contributed by atoms with E-state index >= 15 is 0 Å². The average molecular weight is 413 g/mol. The Hall–Kier alpha value is -2.82. The normalized spacial score (nSPS) is 12.6. The fourth-order valence-corrected chi connectivity index (χ4v) is 3.32. The van der Waals surface area contributed by atoms with Crippen molar-refractivity contribution < 1.29 is 17.9 Å². The number of aromatic nitrogens is 1. The van der Waals surface area contributed by atoms with Crippen LogP contribution in [0.1, 0.15) is 55.5 Å². The quantitative estimate of drug-likeness (QED) is 0.352. The molecule has 2 nitrogen and oxygen atoms in total. The Morgan fingerprint density at radius 2 is 1.67 bits per heavy atom. The van der Waals surface area contributed by atoms with Gasteiger partial charge in [-0.25, -0.2) is 4.98 Å². The second-order valence-corrected chi connectivity index (χ2v) is 7.44. The summed E-state index contributed by atoms with van der Waals surface area (Å²) in [6.45, 7) is 4.17. The summed E-state index contributed by atoms with van der Waals surface area (Å²) in [6, 6.07) is 18.6. The van der Waals surface area contributed by atoms with Gasteiger partial charge in [0.2, 0.25) is 0 Å². The van der Waals surface area contributed by atoms with Gasteiger partial charge in [0.15, 0.2) is 0 Å². The van der Waals surface area contributed by atoms with E-state index in [1.807, 2.05) is 49.4 Å². The molecule has 0 radical (unpaired) electrons. The molecule has 2 aromatic carbocycles. The number of alkyl halides is 3. The van der Waals surface area contributed by atoms with Crippen LogP contribution in [0.5, 0.6) is 5.75 Å². The van der Waals surface area contributed by atoms with Crippen LogP contribution in [-0.2, 0) is 6.18 Å². The molecule has 0 bridgehead atoms. The monoisotopic (exact) mass is 413 g/mol. The Labute approximate surface area is 175 Å². The van der Waals surface area contributed by atoms with Crippen LogP contribution in [0.15, 0.2) is 66.7 Å². The number of halogens is 3. The Bertz CT molecular complexity index is 951. The highest BCUT2D eigenvalue weighted by Crippen LogP contribution is 2.32. The zero-order valence-corrected chi connectivity index (χ0v) is 17.2. The Balaban J connectivity index is 1.86. The topological polar surface area (TPSA) is 22.1 Å². The molecule has 0 saturated heterocycles. The average Bonchev–Trinajstić information content (AvgIpc) is 2.73. The highest BCUT2D eigenvalue weighted by atomic mass is 19.4. The lowest BCUT2D eigenvalue weighted by atomic mass is 10.0. The highest BCUT2D eigenvalue weighted by Gasteiger charge is 2.30. The van der Waals surface area contributed by atoms with Gasteiger partial charge in [0, 0.05) is 5.56 Å². The number of hydrogen-bond donors (Lipinski definition) is 0. The summed E-state index contributed by atoms with van der Waals surface area (Å²) < 4.78 is 44.8. The van der Waals surface area contributed by atoms with E-state index in [0.717, 1.165) is 54.8 Å². The first-order chi connectivity index (χ1) is 14.4. The molecule has 0 amide bonds. The van der Waals surface area contributed by atoms with Gasteiger partial charge in [-0.15, -0.1) is 0 Å². The maximum atomic E-state index is 12.8. The van der Waals surface area contributed by atoms with Crippen LogP contribution in [0.2, 0.25) is 0 Å². The summed E-state index contributed by atoms with van der Waals surface area (Å²) in [6.07, 6.45) is -0.514. The van der Waals surface area contributed by atoms with Crippen molar-refractivity contribution in [1.82, 2.24) is 4.98 Å². The number of aryl methyl sites for hydroxylation is 1. The molecule has 158 valence electrons. The second-order valence-electron chi connectivity index (χ2n) is 7.44. The number of ether oxygens (including phenoxy) is 1. The van der Waals surface area contributed by atoms with Crippen molar-refractivity contribution in [3.63, 3.8) is 0 Å². The first kappa shape index (κ1) is 21.9. The predicted molar refractivity (Wildman–Crippen MR) is 113 cm³/mol. The van der Waals surface area contributed by atoms with Crippen molar-refractivity contribution in [2.45, 2.75) is 51.8 Å². The Morgan fingerprint density at radius 1 is 0.933 bits per heavy atom. The molecule has 1 aromatic heterocycles. The Morgan fingerprint density at radius 3 is 2.33 bits per heavy atom. The summed E-state index contributed by atoms with van der Waals surface area (Å²) in [7, 11) is 0. The summed E-state index contributed by atoms with van der Waals surface area (Å²) in [5.74, 6) is 0.790. The van der Waals surface area contributed by atoms with E-state index in [1.165, 1.54) is 12.1 Å². The molecule has 1 unspecified atom stereocenters. The molecule has 0 spiro atoms. The van der Waals surface area contributed by atoms with Crippen molar-refractivity contribution >= 4 is 0 Å². The van der Waals surface area contributed by atoms with E-state index in [9.17, 15) is 13.2 Å². The third-order valence-corrected chi connectivity index (χ3v) is 4.95. The molecule has 0 aliphatic rings. The largest absolute Gasteiger partial charge is 0.484 e. The van der Waals surface area contributed by atoms with Gasteiger partial charge < -0.3 is 4.74 Å². The van der Waals surface area contributed by atoms with E-state index in [-0.39, 0.29) is 6.10 Å². The molecule has 30 heavy (non-hydrogen) atoms. The number of pyridine rings is 1. The first-order valence-corrected chi connectivity index (χ1v) is 10.2. The molecular formula is C25H26F3NO. The van der Waals surface area contributed by atoms with Gasteiger partial charge in [-0.1, -0.05) is 50.1 Å². The van der Waals surface area contributed by atoms with Crippen LogP contribution in [0, 0.1) is 6.92 Å². The third-order valence-electron chi connectivity index (χ3n) is 4.95. The first-order valence-electron chi connectivity index (χ1n) is 10.2. The summed E-state index contributed by atoms with van der Waals surface area (Å²) >= 11 is 0. The molecule has 1 heterocycles. The molecule has 3 aromatic rings. The molecule has 0 aliphatic carbocycles. The summed E-state index contributed by atoms with van der Waals surface area (Å²) in [5, 5.41) is 0. The predicted octanol–water partition coefficient (Wildman–Crippen LogP) is 7.78. The van der Waals surface area contributed by atoms with Gasteiger partial charge in [-0.05, 0) is 61.7 Å². The summed E-state index contributed by atoms with van der Waals surface area (Å²) in [5.41, 5.74) is 2.51. The number of benzene rings is 2. The van der Waals surface area contributed by atoms with E-state index in [1.54, 1.807) is 0 Å². The van der Waals surface area contributed by atoms with Crippen LogP contribution < -0.4 is 4.74 Å². The molecule has 3 rings (SSSR count). The van der Waals surface area contributed by atoms with Crippen molar-refractivity contribution in [2.24, 2.45) is 0 Å². The fourth-order valence-electron chi connectivity index (χ4n) is 3.32. The van der Waals surface area contributed by atoms with Gasteiger partial charge in [-0.3, -0.25) is 0 Å². The number of hydrogen-bond acceptors (Lipinski definition) is 2.